The molecule has 6 atom stereocenters. The maximum atomic E-state index is 14.0. The molecule has 14 heteroatoms. The lowest BCUT2D eigenvalue weighted by Gasteiger charge is -2.47. The second-order valence-corrected chi connectivity index (χ2v) is 11.7. The number of thiazole rings is 1. The minimum absolute atomic E-state index is 0.0128. The Kier molecular flexibility index (Phi) is 7.38. The van der Waals surface area contributed by atoms with E-state index in [0.717, 1.165) is 32.9 Å². The molecule has 226 valence electrons. The fraction of sp³-hybridized carbons (Fsp3) is 0.267. The molecule has 44 heavy (non-hydrogen) atoms. The zero-order valence-electron chi connectivity index (χ0n) is 22.9. The first kappa shape index (κ1) is 28.6. The summed E-state index contributed by atoms with van der Waals surface area (Å²) in [6.45, 7) is 1.92. The second-order valence-electron chi connectivity index (χ2n) is 10.5. The number of nitrogens with one attached hydrogen (secondary N) is 1. The van der Waals surface area contributed by atoms with Gasteiger partial charge in [-0.1, -0.05) is 35.5 Å². The lowest BCUT2D eigenvalue weighted by molar-refractivity contribution is -0.312. The van der Waals surface area contributed by atoms with Gasteiger partial charge in [-0.2, -0.15) is 0 Å². The molecule has 0 spiro atoms. The highest BCUT2D eigenvalue weighted by atomic mass is 32.1. The van der Waals surface area contributed by atoms with Gasteiger partial charge in [-0.05, 0) is 37.3 Å². The van der Waals surface area contributed by atoms with Crippen molar-refractivity contribution in [3.63, 3.8) is 0 Å². The molecule has 10 nitrogen and oxygen atoms in total. The number of nitrogens with zero attached hydrogens (tertiary/aromatic N) is 4. The van der Waals surface area contributed by atoms with Crippen LogP contribution in [-0.2, 0) is 19.0 Å². The molecule has 2 N–H and O–H groups in total. The number of aliphatic hydroxyl groups is 1. The minimum atomic E-state index is -1.61. The number of benzene rings is 3. The number of halogens is 3. The average Bonchev–Trinajstić information content (AvgIpc) is 3.65. The van der Waals surface area contributed by atoms with E-state index in [-0.39, 0.29) is 17.9 Å². The van der Waals surface area contributed by atoms with Crippen LogP contribution >= 0.6 is 11.3 Å². The van der Waals surface area contributed by atoms with E-state index in [4.69, 9.17) is 14.2 Å². The van der Waals surface area contributed by atoms with Crippen molar-refractivity contribution in [1.82, 2.24) is 20.0 Å². The lowest BCUT2D eigenvalue weighted by atomic mass is 9.91. The third-order valence-corrected chi connectivity index (χ3v) is 8.50. The fourth-order valence-corrected chi connectivity index (χ4v) is 6.37. The summed E-state index contributed by atoms with van der Waals surface area (Å²) in [5, 5.41) is 23.4. The van der Waals surface area contributed by atoms with Crippen LogP contribution < -0.4 is 5.32 Å². The van der Waals surface area contributed by atoms with Crippen LogP contribution in [0.3, 0.4) is 0 Å². The van der Waals surface area contributed by atoms with E-state index in [0.29, 0.717) is 5.69 Å². The van der Waals surface area contributed by atoms with Gasteiger partial charge in [0.25, 0.3) is 5.91 Å². The second kappa shape index (κ2) is 11.4. The predicted molar refractivity (Wildman–Crippen MR) is 152 cm³/mol. The summed E-state index contributed by atoms with van der Waals surface area (Å²) in [6, 6.07) is 15.0. The smallest absolute Gasteiger partial charge is 0.256 e. The van der Waals surface area contributed by atoms with E-state index in [1.54, 1.807) is 18.2 Å². The Bertz CT molecular complexity index is 1830. The van der Waals surface area contributed by atoms with E-state index in [1.807, 2.05) is 37.3 Å². The highest BCUT2D eigenvalue weighted by Crippen LogP contribution is 2.40. The topological polar surface area (TPSA) is 121 Å². The number of amides is 1. The molecule has 1 amide bonds. The molecule has 2 saturated heterocycles. The SMILES string of the molecule is Cc1nc2ccc(NC(=O)[C@@H]3O[C@@H]4COC(c5ccccc5)O[C@@H]4[C@H](n4cc(-c5cc(F)c(F)c(F)c5)nn4)[C@H]3O)cc2s1. The Balaban J connectivity index is 1.21. The summed E-state index contributed by atoms with van der Waals surface area (Å²) < 4.78 is 62.0. The van der Waals surface area contributed by atoms with Crippen molar-refractivity contribution in [3.05, 3.63) is 94.9 Å². The number of rotatable bonds is 5. The van der Waals surface area contributed by atoms with Gasteiger partial charge in [0.15, 0.2) is 29.8 Å². The van der Waals surface area contributed by atoms with Crippen LogP contribution in [-0.4, -0.2) is 62.0 Å². The first-order valence-corrected chi connectivity index (χ1v) is 14.5. The highest BCUT2D eigenvalue weighted by Gasteiger charge is 2.53. The first-order chi connectivity index (χ1) is 21.2. The summed E-state index contributed by atoms with van der Waals surface area (Å²) in [7, 11) is 0. The van der Waals surface area contributed by atoms with Crippen molar-refractivity contribution >= 4 is 33.1 Å². The fourth-order valence-electron chi connectivity index (χ4n) is 5.50. The molecule has 2 fully saturated rings. The Morgan fingerprint density at radius 3 is 2.61 bits per heavy atom. The van der Waals surface area contributed by atoms with Gasteiger partial charge in [-0.15, -0.1) is 16.4 Å². The van der Waals surface area contributed by atoms with Gasteiger partial charge in [-0.25, -0.2) is 22.8 Å². The molecule has 0 radical (unpaired) electrons. The van der Waals surface area contributed by atoms with Crippen molar-refractivity contribution in [3.8, 4) is 11.3 Å². The van der Waals surface area contributed by atoms with E-state index >= 15 is 0 Å². The van der Waals surface area contributed by atoms with Crippen LogP contribution in [0.25, 0.3) is 21.5 Å². The van der Waals surface area contributed by atoms with Gasteiger partial charge in [0, 0.05) is 16.8 Å². The number of ether oxygens (including phenoxy) is 3. The molecule has 7 rings (SSSR count). The summed E-state index contributed by atoms with van der Waals surface area (Å²) >= 11 is 1.48. The summed E-state index contributed by atoms with van der Waals surface area (Å²) in [5.41, 5.74) is 1.96. The number of aliphatic hydroxyl groups excluding tert-OH is 1. The molecule has 0 bridgehead atoms. The number of hydrogen-bond donors (Lipinski definition) is 2. The number of carbonyl (C=O) groups excluding carboxylic acids is 1. The van der Waals surface area contributed by atoms with Gasteiger partial charge in [-0.3, -0.25) is 4.79 Å². The molecule has 0 saturated carbocycles. The average molecular weight is 624 g/mol. The molecular formula is C30H24F3N5O5S. The largest absolute Gasteiger partial charge is 0.387 e. The van der Waals surface area contributed by atoms with Gasteiger partial charge in [0.1, 0.15) is 30.0 Å². The maximum Gasteiger partial charge on any atom is 0.256 e. The molecule has 4 heterocycles. The molecule has 1 unspecified atom stereocenters. The highest BCUT2D eigenvalue weighted by molar-refractivity contribution is 7.18. The Morgan fingerprint density at radius 1 is 1.07 bits per heavy atom. The number of hydrogen-bond acceptors (Lipinski definition) is 9. The van der Waals surface area contributed by atoms with Crippen molar-refractivity contribution in [2.45, 2.75) is 43.7 Å². The zero-order chi connectivity index (χ0) is 30.5. The maximum absolute atomic E-state index is 14.0. The Hall–Kier alpha value is -4.21. The molecule has 2 aliphatic heterocycles. The van der Waals surface area contributed by atoms with Crippen LogP contribution in [0, 0.1) is 24.4 Å². The van der Waals surface area contributed by atoms with E-state index in [2.05, 4.69) is 20.6 Å². The quantitative estimate of drug-likeness (QED) is 0.271. The van der Waals surface area contributed by atoms with Crippen LogP contribution in [0.5, 0.6) is 0 Å². The molecule has 2 aliphatic rings. The monoisotopic (exact) mass is 623 g/mol. The molecule has 0 aliphatic carbocycles. The minimum Gasteiger partial charge on any atom is -0.387 e. The molecule has 5 aromatic rings. The van der Waals surface area contributed by atoms with Gasteiger partial charge < -0.3 is 24.6 Å². The standard InChI is InChI=1S/C30H24F3N5O5S/c1-14-34-20-8-7-17(11-23(20)44-14)35-29(40)28-26(39)25(27-22(42-28)13-41-30(43-27)15-5-3-2-4-6-15)38-12-21(36-37-38)16-9-18(31)24(33)19(32)10-16/h2-12,22,25-28,30,39H,13H2,1H3,(H,35,40)/t22-,25-,26-,27+,28-,30?/m1/s1. The van der Waals surface area contributed by atoms with Crippen molar-refractivity contribution in [1.29, 1.82) is 0 Å². The summed E-state index contributed by atoms with van der Waals surface area (Å²) in [6.07, 6.45) is -4.03. The van der Waals surface area contributed by atoms with Crippen molar-refractivity contribution in [2.24, 2.45) is 0 Å². The van der Waals surface area contributed by atoms with E-state index in [9.17, 15) is 23.1 Å². The zero-order valence-corrected chi connectivity index (χ0v) is 23.7. The van der Waals surface area contributed by atoms with E-state index in [1.165, 1.54) is 22.2 Å². The van der Waals surface area contributed by atoms with Crippen LogP contribution in [0.2, 0.25) is 0 Å². The van der Waals surface area contributed by atoms with Crippen LogP contribution in [0.1, 0.15) is 22.9 Å². The van der Waals surface area contributed by atoms with Gasteiger partial charge in [0.05, 0.1) is 28.0 Å². The van der Waals surface area contributed by atoms with Crippen LogP contribution in [0.15, 0.2) is 66.9 Å². The predicted octanol–water partition coefficient (Wildman–Crippen LogP) is 4.70. The first-order valence-electron chi connectivity index (χ1n) is 13.7. The van der Waals surface area contributed by atoms with E-state index < -0.39 is 60.1 Å². The van der Waals surface area contributed by atoms with Crippen molar-refractivity contribution in [2.75, 3.05) is 11.9 Å². The molecule has 2 aromatic heterocycles. The summed E-state index contributed by atoms with van der Waals surface area (Å²) in [5.74, 6) is -5.00. The van der Waals surface area contributed by atoms with Gasteiger partial charge in [0.2, 0.25) is 0 Å². The normalized spacial score (nSPS) is 25.1. The number of aryl methyl sites for hydroxylation is 1. The molecule has 3 aromatic carbocycles. The number of carbonyl (C=O) groups is 1. The number of aromatic nitrogens is 4. The van der Waals surface area contributed by atoms with Crippen LogP contribution in [0.4, 0.5) is 18.9 Å². The van der Waals surface area contributed by atoms with Crippen molar-refractivity contribution < 1.29 is 37.3 Å². The number of anilines is 1. The number of fused-ring (bicyclic) bond motifs is 2. The lowest BCUT2D eigenvalue weighted by Crippen LogP contribution is -2.61. The summed E-state index contributed by atoms with van der Waals surface area (Å²) in [4.78, 5) is 18.0. The molecular weight excluding hydrogens is 599 g/mol. The third kappa shape index (κ3) is 5.24. The Morgan fingerprint density at radius 2 is 1.84 bits per heavy atom. The Labute approximate surface area is 252 Å². The van der Waals surface area contributed by atoms with Gasteiger partial charge >= 0.3 is 0 Å². The third-order valence-electron chi connectivity index (χ3n) is 7.57.